The molecule has 0 aromatic heterocycles. The lowest BCUT2D eigenvalue weighted by Crippen LogP contribution is -2.41. The number of para-hydroxylation sites is 1. The third kappa shape index (κ3) is 3.38. The molecule has 2 aromatic carbocycles. The lowest BCUT2D eigenvalue weighted by atomic mass is 9.97. The Morgan fingerprint density at radius 1 is 1.30 bits per heavy atom. The molecule has 3 atom stereocenters. The van der Waals surface area contributed by atoms with Gasteiger partial charge in [-0.1, -0.05) is 18.2 Å². The lowest BCUT2D eigenvalue weighted by molar-refractivity contribution is 0.0205. The first-order valence-electron chi connectivity index (χ1n) is 9.01. The molecule has 2 N–H and O–H groups in total. The fraction of sp³-hybridized carbons (Fsp3) is 0.381. The zero-order valence-corrected chi connectivity index (χ0v) is 15.4. The molecule has 0 fully saturated rings. The number of methoxy groups -OCH3 is 1. The molecule has 2 aromatic rings. The summed E-state index contributed by atoms with van der Waals surface area (Å²) >= 11 is 0. The number of aliphatic hydroxyl groups excluding tert-OH is 1. The summed E-state index contributed by atoms with van der Waals surface area (Å²) in [6, 6.07) is 12.3. The number of rotatable bonds is 4. The molecule has 27 heavy (non-hydrogen) atoms. The van der Waals surface area contributed by atoms with Crippen LogP contribution in [0.3, 0.4) is 0 Å². The third-order valence-corrected chi connectivity index (χ3v) is 5.03. The Bertz CT molecular complexity index is 867. The van der Waals surface area contributed by atoms with Crippen LogP contribution in [-0.4, -0.2) is 43.0 Å². The Balaban J connectivity index is 1.54. The molecule has 0 saturated carbocycles. The van der Waals surface area contributed by atoms with E-state index in [2.05, 4.69) is 5.32 Å². The van der Waals surface area contributed by atoms with Crippen LogP contribution in [0, 0.1) is 0 Å². The average Bonchev–Trinajstić information content (AvgIpc) is 2.99. The first kappa shape index (κ1) is 17.8. The molecule has 2 aliphatic rings. The van der Waals surface area contributed by atoms with E-state index in [1.807, 2.05) is 43.3 Å². The number of hydrogen-bond donors (Lipinski definition) is 2. The van der Waals surface area contributed by atoms with Crippen LogP contribution in [0.1, 0.15) is 34.5 Å². The molecular weight excluding hydrogens is 346 g/mol. The van der Waals surface area contributed by atoms with Gasteiger partial charge in [-0.3, -0.25) is 4.79 Å². The third-order valence-electron chi connectivity index (χ3n) is 5.03. The quantitative estimate of drug-likeness (QED) is 0.864. The van der Waals surface area contributed by atoms with E-state index in [0.717, 1.165) is 16.9 Å². The van der Waals surface area contributed by atoms with Crippen LogP contribution in [-0.2, 0) is 11.2 Å². The van der Waals surface area contributed by atoms with Gasteiger partial charge in [-0.05, 0) is 36.8 Å². The summed E-state index contributed by atoms with van der Waals surface area (Å²) < 4.78 is 16.7. The van der Waals surface area contributed by atoms with Crippen LogP contribution < -0.4 is 14.8 Å². The van der Waals surface area contributed by atoms with Crippen molar-refractivity contribution in [2.24, 2.45) is 0 Å². The average molecular weight is 369 g/mol. The number of fused-ring (bicyclic) bond motifs is 2. The molecule has 0 bridgehead atoms. The molecule has 2 unspecified atom stereocenters. The van der Waals surface area contributed by atoms with E-state index in [9.17, 15) is 9.90 Å². The van der Waals surface area contributed by atoms with Crippen molar-refractivity contribution < 1.29 is 24.1 Å². The molecule has 0 saturated heterocycles. The van der Waals surface area contributed by atoms with Crippen molar-refractivity contribution in [2.75, 3.05) is 20.3 Å². The fourth-order valence-corrected chi connectivity index (χ4v) is 3.79. The van der Waals surface area contributed by atoms with Crippen LogP contribution in [0.4, 0.5) is 0 Å². The van der Waals surface area contributed by atoms with Gasteiger partial charge in [0.15, 0.2) is 0 Å². The van der Waals surface area contributed by atoms with Gasteiger partial charge in [0, 0.05) is 24.7 Å². The second kappa shape index (κ2) is 6.87. The van der Waals surface area contributed by atoms with E-state index in [1.165, 1.54) is 0 Å². The number of amides is 1. The van der Waals surface area contributed by atoms with E-state index in [0.29, 0.717) is 24.3 Å². The zero-order valence-electron chi connectivity index (χ0n) is 15.4. The maximum absolute atomic E-state index is 12.8. The Morgan fingerprint density at radius 2 is 2.11 bits per heavy atom. The van der Waals surface area contributed by atoms with Crippen LogP contribution in [0.25, 0.3) is 0 Å². The van der Waals surface area contributed by atoms with Crippen LogP contribution in [0.5, 0.6) is 11.5 Å². The van der Waals surface area contributed by atoms with Crippen LogP contribution in [0.2, 0.25) is 0 Å². The maximum Gasteiger partial charge on any atom is 0.251 e. The Kier molecular flexibility index (Phi) is 4.53. The van der Waals surface area contributed by atoms with E-state index >= 15 is 0 Å². The summed E-state index contributed by atoms with van der Waals surface area (Å²) in [5, 5.41) is 13.3. The molecule has 142 valence electrons. The summed E-state index contributed by atoms with van der Waals surface area (Å²) in [6.45, 7) is 2.62. The number of carbonyl (C=O) groups excluding carboxylic acids is 1. The van der Waals surface area contributed by atoms with Gasteiger partial charge in [-0.25, -0.2) is 0 Å². The highest BCUT2D eigenvalue weighted by atomic mass is 16.5. The molecule has 6 nitrogen and oxygen atoms in total. The first-order valence-corrected chi connectivity index (χ1v) is 9.01. The second-order valence-corrected chi connectivity index (χ2v) is 7.35. The minimum atomic E-state index is -0.799. The van der Waals surface area contributed by atoms with E-state index < -0.39 is 17.7 Å². The summed E-state index contributed by atoms with van der Waals surface area (Å²) in [4.78, 5) is 12.8. The normalized spacial score (nSPS) is 25.7. The van der Waals surface area contributed by atoms with Gasteiger partial charge in [0.25, 0.3) is 5.91 Å². The summed E-state index contributed by atoms with van der Waals surface area (Å²) in [5.74, 6) is 1.23. The Hall–Kier alpha value is -2.57. The fourth-order valence-electron chi connectivity index (χ4n) is 3.79. The van der Waals surface area contributed by atoms with E-state index in [1.54, 1.807) is 13.2 Å². The number of nitrogens with one attached hydrogen (secondary N) is 1. The van der Waals surface area contributed by atoms with Gasteiger partial charge >= 0.3 is 0 Å². The molecule has 6 heteroatoms. The van der Waals surface area contributed by atoms with Gasteiger partial charge in [0.05, 0.1) is 12.6 Å². The Labute approximate surface area is 158 Å². The summed E-state index contributed by atoms with van der Waals surface area (Å²) in [6.07, 6.45) is -0.119. The molecule has 2 heterocycles. The molecule has 0 aliphatic carbocycles. The van der Waals surface area contributed by atoms with E-state index in [4.69, 9.17) is 14.2 Å². The predicted molar refractivity (Wildman–Crippen MR) is 99.2 cm³/mol. The van der Waals surface area contributed by atoms with Crippen LogP contribution in [0.15, 0.2) is 42.5 Å². The number of benzene rings is 2. The van der Waals surface area contributed by atoms with Crippen molar-refractivity contribution in [3.63, 3.8) is 0 Å². The van der Waals surface area contributed by atoms with E-state index in [-0.39, 0.29) is 12.5 Å². The zero-order chi connectivity index (χ0) is 19.0. The highest BCUT2D eigenvalue weighted by Gasteiger charge is 2.36. The standard InChI is InChI=1S/C21H23NO5/c1-21(12-25-2)10-14-9-13(7-8-17(14)27-21)20(24)22-19-15-5-3-4-6-18(15)26-11-16(19)23/h3-9,16,19,23H,10-12H2,1-2H3,(H,22,24)/t16?,19?,21-/m0/s1. The van der Waals surface area contributed by atoms with Gasteiger partial charge in [0.1, 0.15) is 29.8 Å². The Morgan fingerprint density at radius 3 is 2.93 bits per heavy atom. The smallest absolute Gasteiger partial charge is 0.251 e. The molecular formula is C21H23NO5. The highest BCUT2D eigenvalue weighted by Crippen LogP contribution is 2.36. The summed E-state index contributed by atoms with van der Waals surface area (Å²) in [7, 11) is 1.65. The summed E-state index contributed by atoms with van der Waals surface area (Å²) in [5.41, 5.74) is 1.88. The number of ether oxygens (including phenoxy) is 3. The monoisotopic (exact) mass is 369 g/mol. The molecule has 0 spiro atoms. The topological polar surface area (TPSA) is 77.0 Å². The molecule has 2 aliphatic heterocycles. The lowest BCUT2D eigenvalue weighted by Gasteiger charge is -2.31. The van der Waals surface area contributed by atoms with Gasteiger partial charge in [-0.2, -0.15) is 0 Å². The van der Waals surface area contributed by atoms with Crippen molar-refractivity contribution in [2.45, 2.75) is 31.1 Å². The first-order chi connectivity index (χ1) is 13.0. The minimum Gasteiger partial charge on any atom is -0.490 e. The maximum atomic E-state index is 12.8. The number of aliphatic hydroxyl groups is 1. The second-order valence-electron chi connectivity index (χ2n) is 7.35. The minimum absolute atomic E-state index is 0.148. The predicted octanol–water partition coefficient (Wildman–Crippen LogP) is 2.25. The van der Waals surface area contributed by atoms with Crippen molar-refractivity contribution >= 4 is 5.91 Å². The van der Waals surface area contributed by atoms with Gasteiger partial charge in [0.2, 0.25) is 0 Å². The SMILES string of the molecule is COC[C@]1(C)Cc2cc(C(=O)NC3c4ccccc4OCC3O)ccc2O1. The number of carbonyl (C=O) groups is 1. The number of hydrogen-bond acceptors (Lipinski definition) is 5. The van der Waals surface area contributed by atoms with Gasteiger partial charge < -0.3 is 24.6 Å². The van der Waals surface area contributed by atoms with Gasteiger partial charge in [-0.15, -0.1) is 0 Å². The largest absolute Gasteiger partial charge is 0.490 e. The van der Waals surface area contributed by atoms with Crippen LogP contribution >= 0.6 is 0 Å². The van der Waals surface area contributed by atoms with Crippen molar-refractivity contribution in [1.82, 2.24) is 5.32 Å². The molecule has 0 radical (unpaired) electrons. The van der Waals surface area contributed by atoms with Crippen molar-refractivity contribution in [3.8, 4) is 11.5 Å². The molecule has 4 rings (SSSR count). The van der Waals surface area contributed by atoms with Crippen molar-refractivity contribution in [1.29, 1.82) is 0 Å². The molecule has 1 amide bonds. The van der Waals surface area contributed by atoms with Crippen molar-refractivity contribution in [3.05, 3.63) is 59.2 Å². The highest BCUT2D eigenvalue weighted by molar-refractivity contribution is 5.95.